The van der Waals surface area contributed by atoms with Crippen molar-refractivity contribution in [1.82, 2.24) is 138 Å². The van der Waals surface area contributed by atoms with E-state index >= 15 is 0 Å². The molecule has 132 heavy (non-hydrogen) atoms. The molecule has 24 heterocycles. The third kappa shape index (κ3) is 27.7. The average Bonchev–Trinajstić information content (AvgIpc) is 1.81. The molecule has 3 aromatic carbocycles. The van der Waals surface area contributed by atoms with E-state index in [2.05, 4.69) is 147 Å². The molecule has 31 heteroatoms. The predicted molar refractivity (Wildman–Crippen MR) is 518 cm³/mol. The number of hydrogen-bond acceptors (Lipinski definition) is 25. The quantitative estimate of drug-likeness (QED) is 0.147. The number of thiazole rings is 1. The molecule has 1 N–H and O–H groups in total. The molecule has 0 spiro atoms. The SMILES string of the molecule is C1=NCC2=C1CCCC2.c1cc2ccncc2cn1.c1cc2cnccc2cn1.c1cc2n(n1)CCCC2.c1ccc2[nH]ncc2c1.c1ccc2cnncc2c1.c1ccc2nnccc2c1.c1cn2ccsc2n1.c1cn2cncc2cn1.c1cnc2cnccc2c1.c1cnc2cnccc2c1.c1cnc2nccnc2c1.c1ncn2c1CCCC2.c1ncn2c1COCC2. The van der Waals surface area contributed by atoms with Crippen LogP contribution in [0, 0.1) is 0 Å². The van der Waals surface area contributed by atoms with Gasteiger partial charge in [0.15, 0.2) is 10.6 Å². The van der Waals surface area contributed by atoms with Crippen molar-refractivity contribution >= 4 is 115 Å². The highest BCUT2D eigenvalue weighted by molar-refractivity contribution is 7.15. The van der Waals surface area contributed by atoms with Gasteiger partial charge in [0.25, 0.3) is 0 Å². The van der Waals surface area contributed by atoms with Crippen LogP contribution < -0.4 is 0 Å². The standard InChI is InChI=1S/6C8H6N2.C8H11N.C7H5N3.2C7H10N2.C7H6N2.C6H5N3.C6H8N2O.C5H4N2S/c1-3-9-6-8-2-4-10-5-7(1)8;1-3-9-5-8-6-10-4-2-7(1)8;2*1-2-7-3-5-9-6-8(7)10-4-1;1-2-4-8-6-10-9-5-7(8)3-1;1-2-4-8-7(3-1)5-6-9-10-8;1-2-4-8-6-9-5-7(8)3-1;1-2-6-7(9-3-1)10-5-4-8-6;1-2-6-9-7(3-1)4-5-8-9;1-2-4-9-6-8-5-7(9)3-1;1-2-4-7-6(3-1)5-8-9-7;1-2-9-5-8-4-6(9)3-7-1;1-2-9-4-6-3-7-5-8(1)6;1-2-7-3-4-8-5(7)6-1/h6*1-6H;5H,1-4,6H2;1-5H;4-5H,1-3,6H2;5-6H,1-4H2;1-5H,(H,8,9);1-5H;3,5H,1-2,4H2;1-4H. The van der Waals surface area contributed by atoms with Gasteiger partial charge in [0, 0.05) is 227 Å². The maximum atomic E-state index is 5.19. The van der Waals surface area contributed by atoms with Gasteiger partial charge >= 0.3 is 0 Å². The summed E-state index contributed by atoms with van der Waals surface area (Å²) in [5, 5.41) is 39.5. The minimum Gasteiger partial charge on any atom is -0.373 e. The number of nitrogens with zero attached hydrogens (tertiary/aromatic N) is 28. The summed E-state index contributed by atoms with van der Waals surface area (Å²) >= 11 is 1.65. The minimum atomic E-state index is 0.699. The molecule has 0 amide bonds. The van der Waals surface area contributed by atoms with Crippen LogP contribution in [0.5, 0.6) is 0 Å². The van der Waals surface area contributed by atoms with Gasteiger partial charge in [0.2, 0.25) is 0 Å². The third-order valence-corrected chi connectivity index (χ3v) is 21.6. The molecule has 4 aliphatic heterocycles. The highest BCUT2D eigenvalue weighted by Gasteiger charge is 2.14. The van der Waals surface area contributed by atoms with Crippen LogP contribution in [0.25, 0.3) is 97.6 Å². The highest BCUT2D eigenvalue weighted by Crippen LogP contribution is 2.27. The zero-order chi connectivity index (χ0) is 89.7. The Bertz CT molecular complexity index is 5900. The second kappa shape index (κ2) is 50.0. The van der Waals surface area contributed by atoms with Gasteiger partial charge in [-0.3, -0.25) is 69.0 Å². The van der Waals surface area contributed by atoms with Crippen LogP contribution in [0.15, 0.2) is 390 Å². The van der Waals surface area contributed by atoms with Crippen molar-refractivity contribution in [3.63, 3.8) is 0 Å². The monoisotopic (exact) mass is 1760 g/mol. The normalized spacial score (nSPS) is 12.6. The highest BCUT2D eigenvalue weighted by atomic mass is 32.1. The van der Waals surface area contributed by atoms with Crippen LogP contribution >= 0.6 is 11.3 Å². The first-order valence-electron chi connectivity index (χ1n) is 43.2. The largest absolute Gasteiger partial charge is 0.373 e. The molecule has 656 valence electrons. The summed E-state index contributed by atoms with van der Waals surface area (Å²) in [4.78, 5) is 69.4. The zero-order valence-corrected chi connectivity index (χ0v) is 73.3. The Labute approximate surface area is 764 Å². The number of H-pyrrole nitrogens is 1. The van der Waals surface area contributed by atoms with Crippen molar-refractivity contribution in [2.24, 2.45) is 4.99 Å². The Balaban J connectivity index is 0.000000109. The molecule has 0 bridgehead atoms. The Morgan fingerprint density at radius 2 is 0.879 bits per heavy atom. The van der Waals surface area contributed by atoms with E-state index in [-0.39, 0.29) is 0 Å². The first-order valence-corrected chi connectivity index (χ1v) is 44.1. The predicted octanol–water partition coefficient (Wildman–Crippen LogP) is 19.3. The van der Waals surface area contributed by atoms with E-state index in [0.717, 1.165) is 119 Å². The molecular weight excluding hydrogens is 1670 g/mol. The molecule has 23 aromatic rings. The number of imidazole rings is 4. The van der Waals surface area contributed by atoms with Crippen LogP contribution in [0.4, 0.5) is 0 Å². The van der Waals surface area contributed by atoms with E-state index in [0.29, 0.717) is 5.65 Å². The van der Waals surface area contributed by atoms with Crippen LogP contribution in [0.1, 0.15) is 68.4 Å². The first-order chi connectivity index (χ1) is 65.5. The number of hydrogen-bond donors (Lipinski definition) is 1. The van der Waals surface area contributed by atoms with Crippen molar-refractivity contribution in [3.8, 4) is 0 Å². The number of aromatic nitrogens is 28. The summed E-state index contributed by atoms with van der Waals surface area (Å²) in [6.45, 7) is 5.81. The number of aromatic amines is 1. The molecule has 1 aliphatic carbocycles. The average molecular weight is 1760 g/mol. The summed E-state index contributed by atoms with van der Waals surface area (Å²) < 4.78 is 15.5. The first kappa shape index (κ1) is 90.1. The molecule has 0 radical (unpaired) electrons. The Morgan fingerprint density at radius 1 is 0.333 bits per heavy atom. The molecule has 0 fully saturated rings. The van der Waals surface area contributed by atoms with Crippen LogP contribution in [-0.2, 0) is 43.8 Å². The fourth-order valence-electron chi connectivity index (χ4n) is 14.0. The molecule has 0 saturated heterocycles. The Morgan fingerprint density at radius 3 is 1.55 bits per heavy atom. The van der Waals surface area contributed by atoms with Crippen molar-refractivity contribution < 1.29 is 4.74 Å². The summed E-state index contributed by atoms with van der Waals surface area (Å²) in [5.41, 5.74) is 13.6. The van der Waals surface area contributed by atoms with Gasteiger partial charge in [-0.15, -0.1) is 11.3 Å². The molecule has 30 nitrogen and oxygen atoms in total. The molecule has 0 saturated carbocycles. The van der Waals surface area contributed by atoms with E-state index < -0.39 is 0 Å². The molecule has 28 rings (SSSR count). The number of aliphatic imine (C=N–C) groups is 1. The van der Waals surface area contributed by atoms with Crippen molar-refractivity contribution in [2.75, 3.05) is 13.2 Å². The maximum Gasteiger partial charge on any atom is 0.193 e. The number of fused-ring (bicyclic) bond motifs is 13. The topological polar surface area (TPSA) is 345 Å². The second-order valence-corrected chi connectivity index (χ2v) is 30.6. The number of rotatable bonds is 0. The Kier molecular flexibility index (Phi) is 34.2. The summed E-state index contributed by atoms with van der Waals surface area (Å²) in [6.07, 6.45) is 76.3. The molecule has 20 aromatic heterocycles. The van der Waals surface area contributed by atoms with Gasteiger partial charge in [-0.2, -0.15) is 30.6 Å². The van der Waals surface area contributed by atoms with E-state index in [9.17, 15) is 0 Å². The van der Waals surface area contributed by atoms with Gasteiger partial charge in [-0.1, -0.05) is 72.8 Å². The number of nitrogens with one attached hydrogen (secondary N) is 1. The maximum absolute atomic E-state index is 5.19. The fourth-order valence-corrected chi connectivity index (χ4v) is 14.6. The zero-order valence-electron chi connectivity index (χ0n) is 72.4. The number of benzene rings is 3. The van der Waals surface area contributed by atoms with Gasteiger partial charge in [0.05, 0.1) is 128 Å². The number of allylic oxidation sites excluding steroid dienone is 1. The lowest BCUT2D eigenvalue weighted by Gasteiger charge is -2.13. The van der Waals surface area contributed by atoms with E-state index in [1.165, 1.54) is 93.2 Å². The van der Waals surface area contributed by atoms with Gasteiger partial charge in [-0.05, 0) is 166 Å². The van der Waals surface area contributed by atoms with Gasteiger partial charge in [-0.25, -0.2) is 29.9 Å². The summed E-state index contributed by atoms with van der Waals surface area (Å²) in [5.74, 6) is 0. The van der Waals surface area contributed by atoms with Crippen molar-refractivity contribution in [1.29, 1.82) is 0 Å². The van der Waals surface area contributed by atoms with Crippen LogP contribution in [-0.4, -0.2) is 157 Å². The van der Waals surface area contributed by atoms with Crippen LogP contribution in [0.2, 0.25) is 0 Å². The number of ether oxygens (including phenoxy) is 1. The van der Waals surface area contributed by atoms with Crippen molar-refractivity contribution in [2.45, 2.75) is 90.4 Å². The molecule has 5 aliphatic rings. The minimum absolute atomic E-state index is 0.699. The van der Waals surface area contributed by atoms with E-state index in [1.807, 2.05) is 247 Å². The fraction of sp³-hybridized carbons (Fsp3) is 0.158. The van der Waals surface area contributed by atoms with E-state index in [1.54, 1.807) is 153 Å². The van der Waals surface area contributed by atoms with Crippen molar-refractivity contribution in [3.05, 3.63) is 402 Å². The number of aryl methyl sites for hydroxylation is 4. The summed E-state index contributed by atoms with van der Waals surface area (Å²) in [6, 6.07) is 51.3. The van der Waals surface area contributed by atoms with Gasteiger partial charge < -0.3 is 18.3 Å². The molecular formula is C101H95N29OS. The number of para-hydroxylation sites is 1. The molecule has 0 atom stereocenters. The number of pyridine rings is 9. The summed E-state index contributed by atoms with van der Waals surface area (Å²) in [7, 11) is 0. The second-order valence-electron chi connectivity index (χ2n) is 29.7. The lowest BCUT2D eigenvalue weighted by molar-refractivity contribution is 0.0850. The van der Waals surface area contributed by atoms with E-state index in [4.69, 9.17) is 4.74 Å². The smallest absolute Gasteiger partial charge is 0.193 e. The lowest BCUT2D eigenvalue weighted by atomic mass is 9.94. The lowest BCUT2D eigenvalue weighted by Crippen LogP contribution is -2.14. The Hall–Kier alpha value is -16.7. The van der Waals surface area contributed by atoms with Gasteiger partial charge in [0.1, 0.15) is 5.52 Å². The third-order valence-electron chi connectivity index (χ3n) is 20.8. The van der Waals surface area contributed by atoms with Crippen LogP contribution in [0.3, 0.4) is 0 Å². The molecule has 0 unspecified atom stereocenters.